The molecule has 1 saturated heterocycles. The quantitative estimate of drug-likeness (QED) is 0.280. The first-order valence-corrected chi connectivity index (χ1v) is 12.5. The Morgan fingerprint density at radius 3 is 2.70 bits per heavy atom. The maximum atomic E-state index is 11.3. The molecule has 0 amide bonds. The predicted octanol–water partition coefficient (Wildman–Crippen LogP) is 4.32. The molecule has 2 unspecified atom stereocenters. The van der Waals surface area contributed by atoms with E-state index in [-0.39, 0.29) is 28.8 Å². The van der Waals surface area contributed by atoms with Crippen molar-refractivity contribution in [2.75, 3.05) is 19.8 Å². The first-order valence-electron chi connectivity index (χ1n) is 9.63. The first kappa shape index (κ1) is 21.8. The summed E-state index contributed by atoms with van der Waals surface area (Å²) in [4.78, 5) is 10.9. The highest BCUT2D eigenvalue weighted by Gasteiger charge is 2.36. The van der Waals surface area contributed by atoms with Gasteiger partial charge in [-0.15, -0.1) is 5.10 Å². The molecular formula is C18H33N3O5Si. The standard InChI is InChI=1S/C18H33N3O5Si/c1-14-12-15(8-11-24-14)20-13-16(21(22)23)17(19-20)25-9-7-10-26-27(5,6)18(2,3)4/h13-15H,7-12H2,1-6H3. The molecule has 9 heteroatoms. The molecule has 1 aromatic rings. The van der Waals surface area contributed by atoms with Gasteiger partial charge < -0.3 is 13.9 Å². The Labute approximate surface area is 162 Å². The van der Waals surface area contributed by atoms with Crippen molar-refractivity contribution in [1.82, 2.24) is 9.78 Å². The highest BCUT2D eigenvalue weighted by atomic mass is 28.4. The van der Waals surface area contributed by atoms with Gasteiger partial charge in [-0.2, -0.15) is 0 Å². The molecule has 2 rings (SSSR count). The molecule has 1 aliphatic heterocycles. The Morgan fingerprint density at radius 1 is 1.41 bits per heavy atom. The van der Waals surface area contributed by atoms with Crippen LogP contribution >= 0.6 is 0 Å². The SMILES string of the molecule is CC1CC(n2cc([N+](=O)[O-])c(OCCCO[Si](C)(C)C(C)(C)C)n2)CCO1. The lowest BCUT2D eigenvalue weighted by molar-refractivity contribution is -0.386. The summed E-state index contributed by atoms with van der Waals surface area (Å²) in [6, 6.07) is 0.103. The number of hydrogen-bond acceptors (Lipinski definition) is 6. The molecule has 2 heterocycles. The van der Waals surface area contributed by atoms with Crippen molar-refractivity contribution < 1.29 is 18.8 Å². The van der Waals surface area contributed by atoms with Crippen LogP contribution in [0.2, 0.25) is 18.1 Å². The van der Waals surface area contributed by atoms with Crippen LogP contribution in [-0.2, 0) is 9.16 Å². The van der Waals surface area contributed by atoms with Crippen molar-refractivity contribution in [3.05, 3.63) is 16.3 Å². The van der Waals surface area contributed by atoms with Gasteiger partial charge in [0.05, 0.1) is 23.7 Å². The van der Waals surface area contributed by atoms with Gasteiger partial charge in [0.2, 0.25) is 0 Å². The minimum atomic E-state index is -1.78. The number of rotatable bonds is 8. The molecular weight excluding hydrogens is 366 g/mol. The van der Waals surface area contributed by atoms with E-state index in [1.165, 1.54) is 6.20 Å². The summed E-state index contributed by atoms with van der Waals surface area (Å²) >= 11 is 0. The molecule has 0 bridgehead atoms. The van der Waals surface area contributed by atoms with Gasteiger partial charge in [-0.25, -0.2) is 0 Å². The molecule has 154 valence electrons. The zero-order valence-corrected chi connectivity index (χ0v) is 18.4. The van der Waals surface area contributed by atoms with Gasteiger partial charge in [0.15, 0.2) is 8.32 Å². The molecule has 27 heavy (non-hydrogen) atoms. The number of ether oxygens (including phenoxy) is 2. The van der Waals surface area contributed by atoms with E-state index in [0.717, 1.165) is 12.8 Å². The lowest BCUT2D eigenvalue weighted by Gasteiger charge is -2.36. The van der Waals surface area contributed by atoms with Crippen LogP contribution in [0.5, 0.6) is 5.88 Å². The van der Waals surface area contributed by atoms with E-state index >= 15 is 0 Å². The van der Waals surface area contributed by atoms with Crippen LogP contribution in [0.25, 0.3) is 0 Å². The molecule has 0 N–H and O–H groups in total. The summed E-state index contributed by atoms with van der Waals surface area (Å²) in [7, 11) is -1.78. The van der Waals surface area contributed by atoms with E-state index in [2.05, 4.69) is 39.0 Å². The molecule has 1 aliphatic rings. The van der Waals surface area contributed by atoms with Crippen molar-refractivity contribution in [2.45, 2.75) is 77.2 Å². The fourth-order valence-electron chi connectivity index (χ4n) is 2.77. The van der Waals surface area contributed by atoms with Crippen molar-refractivity contribution in [1.29, 1.82) is 0 Å². The second-order valence-electron chi connectivity index (χ2n) is 8.73. The van der Waals surface area contributed by atoms with E-state index < -0.39 is 13.2 Å². The van der Waals surface area contributed by atoms with Gasteiger partial charge in [-0.05, 0) is 37.9 Å². The van der Waals surface area contributed by atoms with Gasteiger partial charge in [0.1, 0.15) is 6.20 Å². The maximum absolute atomic E-state index is 11.3. The monoisotopic (exact) mass is 399 g/mol. The summed E-state index contributed by atoms with van der Waals surface area (Å²) in [5, 5.41) is 15.8. The average molecular weight is 400 g/mol. The molecule has 0 saturated carbocycles. The van der Waals surface area contributed by atoms with Gasteiger partial charge in [0, 0.05) is 19.6 Å². The molecule has 2 atom stereocenters. The molecule has 1 fully saturated rings. The van der Waals surface area contributed by atoms with Gasteiger partial charge in [-0.3, -0.25) is 14.8 Å². The van der Waals surface area contributed by atoms with Crippen LogP contribution < -0.4 is 4.74 Å². The molecule has 8 nitrogen and oxygen atoms in total. The minimum absolute atomic E-state index is 0.0838. The third-order valence-corrected chi connectivity index (χ3v) is 10.0. The first-order chi connectivity index (χ1) is 12.5. The fourth-order valence-corrected chi connectivity index (χ4v) is 3.85. The van der Waals surface area contributed by atoms with E-state index in [1.54, 1.807) is 4.68 Å². The van der Waals surface area contributed by atoms with Crippen molar-refractivity contribution in [3.8, 4) is 5.88 Å². The maximum Gasteiger partial charge on any atom is 0.350 e. The van der Waals surface area contributed by atoms with Crippen LogP contribution in [0.1, 0.15) is 53.0 Å². The van der Waals surface area contributed by atoms with Crippen LogP contribution in [0, 0.1) is 10.1 Å². The smallest absolute Gasteiger partial charge is 0.350 e. The Hall–Kier alpha value is -1.45. The fraction of sp³-hybridized carbons (Fsp3) is 0.833. The topological polar surface area (TPSA) is 88.7 Å². The summed E-state index contributed by atoms with van der Waals surface area (Å²) in [5.74, 6) is 0.0893. The van der Waals surface area contributed by atoms with Crippen molar-refractivity contribution in [2.24, 2.45) is 0 Å². The highest BCUT2D eigenvalue weighted by molar-refractivity contribution is 6.74. The number of nitro groups is 1. The lowest BCUT2D eigenvalue weighted by Crippen LogP contribution is -2.41. The lowest BCUT2D eigenvalue weighted by atomic mass is 10.1. The number of nitrogens with zero attached hydrogens (tertiary/aromatic N) is 3. The van der Waals surface area contributed by atoms with E-state index in [1.807, 2.05) is 6.92 Å². The average Bonchev–Trinajstić information content (AvgIpc) is 2.98. The van der Waals surface area contributed by atoms with E-state index in [4.69, 9.17) is 13.9 Å². The zero-order chi connectivity index (χ0) is 20.2. The summed E-state index contributed by atoms with van der Waals surface area (Å²) in [6.45, 7) is 14.6. The van der Waals surface area contributed by atoms with Crippen molar-refractivity contribution in [3.63, 3.8) is 0 Å². The Kier molecular flexibility index (Phi) is 7.04. The van der Waals surface area contributed by atoms with Gasteiger partial charge in [0.25, 0.3) is 0 Å². The Bertz CT molecular complexity index is 641. The Balaban J connectivity index is 1.91. The van der Waals surface area contributed by atoms with Crippen molar-refractivity contribution >= 4 is 14.0 Å². The van der Waals surface area contributed by atoms with Crippen LogP contribution in [0.4, 0.5) is 5.69 Å². The normalized spacial score (nSPS) is 21.3. The highest BCUT2D eigenvalue weighted by Crippen LogP contribution is 2.36. The second-order valence-corrected chi connectivity index (χ2v) is 13.5. The second kappa shape index (κ2) is 8.70. The largest absolute Gasteiger partial charge is 0.472 e. The number of hydrogen-bond donors (Lipinski definition) is 0. The van der Waals surface area contributed by atoms with Crippen LogP contribution in [-0.4, -0.2) is 48.9 Å². The third kappa shape index (κ3) is 5.76. The molecule has 0 aromatic carbocycles. The van der Waals surface area contributed by atoms with Gasteiger partial charge in [-0.1, -0.05) is 20.8 Å². The predicted molar refractivity (Wildman–Crippen MR) is 106 cm³/mol. The van der Waals surface area contributed by atoms with Crippen LogP contribution in [0.3, 0.4) is 0 Å². The summed E-state index contributed by atoms with van der Waals surface area (Å²) < 4.78 is 18.9. The molecule has 0 spiro atoms. The van der Waals surface area contributed by atoms with E-state index in [0.29, 0.717) is 26.2 Å². The zero-order valence-electron chi connectivity index (χ0n) is 17.4. The molecule has 0 aliphatic carbocycles. The van der Waals surface area contributed by atoms with Crippen LogP contribution in [0.15, 0.2) is 6.20 Å². The summed E-state index contributed by atoms with van der Waals surface area (Å²) in [6.07, 6.45) is 3.86. The van der Waals surface area contributed by atoms with E-state index in [9.17, 15) is 10.1 Å². The minimum Gasteiger partial charge on any atom is -0.472 e. The van der Waals surface area contributed by atoms with Gasteiger partial charge >= 0.3 is 11.6 Å². The summed E-state index contributed by atoms with van der Waals surface area (Å²) in [5.41, 5.74) is -0.0838. The Morgan fingerprint density at radius 2 is 2.11 bits per heavy atom. The molecule has 0 radical (unpaired) electrons. The number of aromatic nitrogens is 2. The molecule has 1 aromatic heterocycles. The third-order valence-electron chi connectivity index (χ3n) is 5.50.